The molecule has 94 valence electrons. The predicted octanol–water partition coefficient (Wildman–Crippen LogP) is 2.53. The molecule has 1 aliphatic rings. The summed E-state index contributed by atoms with van der Waals surface area (Å²) < 4.78 is 0.886. The molecule has 2 N–H and O–H groups in total. The topological polar surface area (TPSA) is 66.4 Å². The van der Waals surface area contributed by atoms with Crippen LogP contribution in [-0.4, -0.2) is 16.9 Å². The summed E-state index contributed by atoms with van der Waals surface area (Å²) in [5, 5.41) is 13.5. The van der Waals surface area contributed by atoms with Crippen LogP contribution in [0.3, 0.4) is 0 Å². The molecule has 1 heterocycles. The van der Waals surface area contributed by atoms with Crippen LogP contribution in [0.15, 0.2) is 46.6 Å². The monoisotopic (exact) mass is 317 g/mol. The van der Waals surface area contributed by atoms with Crippen LogP contribution in [0.25, 0.3) is 16.3 Å². The second-order valence-electron chi connectivity index (χ2n) is 4.15. The third-order valence-electron chi connectivity index (χ3n) is 3.05. The van der Waals surface area contributed by atoms with Crippen molar-refractivity contribution >= 4 is 44.1 Å². The van der Waals surface area contributed by atoms with Gasteiger partial charge in [-0.1, -0.05) is 46.3 Å². The molecule has 0 bridgehead atoms. The Morgan fingerprint density at radius 2 is 1.63 bits per heavy atom. The molecule has 0 fully saturated rings. The molecule has 0 radical (unpaired) electrons. The van der Waals surface area contributed by atoms with Crippen LogP contribution in [0.4, 0.5) is 0 Å². The highest BCUT2D eigenvalue weighted by Crippen LogP contribution is 2.33. The first-order valence-electron chi connectivity index (χ1n) is 5.56. The SMILES string of the molecule is O=C1NC(=O)C(c2ccc(Br)c3ccccc23)=C1O. The van der Waals surface area contributed by atoms with Gasteiger partial charge in [-0.05, 0) is 22.4 Å². The van der Waals surface area contributed by atoms with Gasteiger partial charge >= 0.3 is 0 Å². The van der Waals surface area contributed by atoms with E-state index in [2.05, 4.69) is 21.2 Å². The summed E-state index contributed by atoms with van der Waals surface area (Å²) in [6, 6.07) is 10.9. The summed E-state index contributed by atoms with van der Waals surface area (Å²) in [6.45, 7) is 0. The minimum absolute atomic E-state index is 0.0219. The van der Waals surface area contributed by atoms with Gasteiger partial charge in [0.15, 0.2) is 5.76 Å². The number of amides is 2. The molecule has 3 rings (SSSR count). The van der Waals surface area contributed by atoms with Crippen molar-refractivity contribution in [3.05, 3.63) is 52.2 Å². The van der Waals surface area contributed by atoms with E-state index < -0.39 is 17.6 Å². The number of nitrogens with one attached hydrogen (secondary N) is 1. The number of carbonyl (C=O) groups is 2. The largest absolute Gasteiger partial charge is 0.502 e. The third kappa shape index (κ3) is 1.74. The molecule has 2 aromatic rings. The molecule has 0 aliphatic carbocycles. The van der Waals surface area contributed by atoms with E-state index in [0.717, 1.165) is 15.2 Å². The Hall–Kier alpha value is -2.14. The molecule has 2 amide bonds. The zero-order valence-electron chi connectivity index (χ0n) is 9.61. The van der Waals surface area contributed by atoms with Gasteiger partial charge in [-0.3, -0.25) is 14.9 Å². The molecule has 0 unspecified atom stereocenters. The predicted molar refractivity (Wildman–Crippen MR) is 74.3 cm³/mol. The zero-order chi connectivity index (χ0) is 13.6. The number of aliphatic hydroxyl groups is 1. The highest BCUT2D eigenvalue weighted by Gasteiger charge is 2.32. The number of halogens is 1. The molecule has 19 heavy (non-hydrogen) atoms. The minimum atomic E-state index is -0.757. The van der Waals surface area contributed by atoms with Gasteiger partial charge in [0.1, 0.15) is 0 Å². The Labute approximate surface area is 116 Å². The Bertz CT molecular complexity index is 764. The maximum absolute atomic E-state index is 11.8. The van der Waals surface area contributed by atoms with Gasteiger partial charge in [0.05, 0.1) is 5.57 Å². The van der Waals surface area contributed by atoms with Crippen molar-refractivity contribution in [3.8, 4) is 0 Å². The summed E-state index contributed by atoms with van der Waals surface area (Å²) in [7, 11) is 0. The van der Waals surface area contributed by atoms with Crippen LogP contribution in [0.2, 0.25) is 0 Å². The van der Waals surface area contributed by atoms with E-state index in [4.69, 9.17) is 0 Å². The average Bonchev–Trinajstić information content (AvgIpc) is 2.65. The van der Waals surface area contributed by atoms with Crippen molar-refractivity contribution in [1.29, 1.82) is 0 Å². The van der Waals surface area contributed by atoms with Crippen molar-refractivity contribution in [3.63, 3.8) is 0 Å². The summed E-state index contributed by atoms with van der Waals surface area (Å²) >= 11 is 3.44. The van der Waals surface area contributed by atoms with Crippen molar-refractivity contribution < 1.29 is 14.7 Å². The number of benzene rings is 2. The first kappa shape index (κ1) is 11.9. The van der Waals surface area contributed by atoms with Gasteiger partial charge in [-0.2, -0.15) is 0 Å². The summed E-state index contributed by atoms with van der Waals surface area (Å²) in [4.78, 5) is 23.1. The third-order valence-corrected chi connectivity index (χ3v) is 3.74. The summed E-state index contributed by atoms with van der Waals surface area (Å²) in [5.41, 5.74) is 0.563. The van der Waals surface area contributed by atoms with Gasteiger partial charge in [0.2, 0.25) is 0 Å². The molecule has 0 aromatic heterocycles. The Morgan fingerprint density at radius 1 is 0.947 bits per heavy atom. The fourth-order valence-corrected chi connectivity index (χ4v) is 2.65. The lowest BCUT2D eigenvalue weighted by molar-refractivity contribution is -0.124. The minimum Gasteiger partial charge on any atom is -0.502 e. The molecule has 2 aromatic carbocycles. The maximum Gasteiger partial charge on any atom is 0.293 e. The van der Waals surface area contributed by atoms with E-state index in [-0.39, 0.29) is 5.57 Å². The standard InChI is InChI=1S/C14H8BrNO3/c15-10-6-5-9(7-3-1-2-4-8(7)10)11-12(17)14(19)16-13(11)18/h1-6H,(H2,16,17,18,19). The number of fused-ring (bicyclic) bond motifs is 1. The lowest BCUT2D eigenvalue weighted by Crippen LogP contribution is -2.22. The fraction of sp³-hybridized carbons (Fsp3) is 0. The van der Waals surface area contributed by atoms with Crippen molar-refractivity contribution in [2.45, 2.75) is 0 Å². The second-order valence-corrected chi connectivity index (χ2v) is 5.00. The summed E-state index contributed by atoms with van der Waals surface area (Å²) in [6.07, 6.45) is 0. The van der Waals surface area contributed by atoms with E-state index in [1.807, 2.05) is 24.3 Å². The Morgan fingerprint density at radius 3 is 2.26 bits per heavy atom. The van der Waals surface area contributed by atoms with Gasteiger partial charge in [0.25, 0.3) is 11.8 Å². The zero-order valence-corrected chi connectivity index (χ0v) is 11.2. The van der Waals surface area contributed by atoms with E-state index in [0.29, 0.717) is 5.56 Å². The quantitative estimate of drug-likeness (QED) is 0.794. The number of imide groups is 1. The van der Waals surface area contributed by atoms with Crippen LogP contribution in [-0.2, 0) is 9.59 Å². The van der Waals surface area contributed by atoms with Crippen LogP contribution in [0.1, 0.15) is 5.56 Å². The molecule has 0 saturated carbocycles. The van der Waals surface area contributed by atoms with Gasteiger partial charge in [0, 0.05) is 4.47 Å². The highest BCUT2D eigenvalue weighted by molar-refractivity contribution is 9.10. The molecular formula is C14H8BrNO3. The second kappa shape index (κ2) is 4.20. The molecule has 1 aliphatic heterocycles. The number of carbonyl (C=O) groups excluding carboxylic acids is 2. The van der Waals surface area contributed by atoms with Crippen LogP contribution in [0, 0.1) is 0 Å². The Balaban J connectivity index is 2.36. The van der Waals surface area contributed by atoms with Crippen LogP contribution >= 0.6 is 15.9 Å². The van der Waals surface area contributed by atoms with Crippen molar-refractivity contribution in [2.75, 3.05) is 0 Å². The number of hydrogen-bond donors (Lipinski definition) is 2. The first-order chi connectivity index (χ1) is 9.09. The van der Waals surface area contributed by atoms with Gasteiger partial charge in [-0.25, -0.2) is 0 Å². The van der Waals surface area contributed by atoms with E-state index in [9.17, 15) is 14.7 Å². The van der Waals surface area contributed by atoms with Crippen molar-refractivity contribution in [1.82, 2.24) is 5.32 Å². The average molecular weight is 318 g/mol. The lowest BCUT2D eigenvalue weighted by atomic mass is 9.98. The maximum atomic E-state index is 11.8. The summed E-state index contributed by atoms with van der Waals surface area (Å²) in [5.74, 6) is -1.86. The van der Waals surface area contributed by atoms with Crippen LogP contribution < -0.4 is 5.32 Å². The van der Waals surface area contributed by atoms with Crippen molar-refractivity contribution in [2.24, 2.45) is 0 Å². The molecule has 0 spiro atoms. The first-order valence-corrected chi connectivity index (χ1v) is 6.35. The normalized spacial score (nSPS) is 15.2. The van der Waals surface area contributed by atoms with E-state index in [1.165, 1.54) is 0 Å². The molecule has 0 atom stereocenters. The Kier molecular flexibility index (Phi) is 2.64. The van der Waals surface area contributed by atoms with Gasteiger partial charge < -0.3 is 5.11 Å². The molecule has 5 heteroatoms. The molecule has 4 nitrogen and oxygen atoms in total. The van der Waals surface area contributed by atoms with E-state index in [1.54, 1.807) is 12.1 Å². The smallest absolute Gasteiger partial charge is 0.293 e. The fourth-order valence-electron chi connectivity index (χ4n) is 2.18. The van der Waals surface area contributed by atoms with Gasteiger partial charge in [-0.15, -0.1) is 0 Å². The number of hydrogen-bond acceptors (Lipinski definition) is 3. The highest BCUT2D eigenvalue weighted by atomic mass is 79.9. The molecule has 0 saturated heterocycles. The molecular weight excluding hydrogens is 310 g/mol. The van der Waals surface area contributed by atoms with Crippen LogP contribution in [0.5, 0.6) is 0 Å². The lowest BCUT2D eigenvalue weighted by Gasteiger charge is -2.07. The number of aliphatic hydroxyl groups excluding tert-OH is 1. The number of rotatable bonds is 1. The van der Waals surface area contributed by atoms with E-state index >= 15 is 0 Å².